The second-order valence-corrected chi connectivity index (χ2v) is 5.94. The van der Waals surface area contributed by atoms with Crippen LogP contribution >= 0.6 is 11.6 Å². The van der Waals surface area contributed by atoms with E-state index in [0.29, 0.717) is 10.9 Å². The van der Waals surface area contributed by atoms with E-state index in [1.807, 2.05) is 12.1 Å². The van der Waals surface area contributed by atoms with Gasteiger partial charge in [-0.25, -0.2) is 0 Å². The number of hydrogen-bond acceptors (Lipinski definition) is 2. The molecular weight excluding hydrogens is 284 g/mol. The summed E-state index contributed by atoms with van der Waals surface area (Å²) < 4.78 is 0. The monoisotopic (exact) mass is 298 g/mol. The van der Waals surface area contributed by atoms with E-state index in [1.165, 1.54) is 0 Å². The molecule has 0 fully saturated rings. The molecular formula is C17H15ClN2O. The van der Waals surface area contributed by atoms with Gasteiger partial charge in [0.1, 0.15) is 11.6 Å². The number of fused-ring (bicyclic) bond motifs is 1. The molecule has 1 heterocycles. The van der Waals surface area contributed by atoms with Crippen LogP contribution in [0.25, 0.3) is 11.1 Å². The molecule has 3 nitrogen and oxygen atoms in total. The minimum absolute atomic E-state index is 0.199. The molecule has 1 atom stereocenters. The molecule has 3 rings (SSSR count). The lowest BCUT2D eigenvalue weighted by Gasteiger charge is -2.25. The topological polar surface area (TPSA) is 56.6 Å². The van der Waals surface area contributed by atoms with Crippen molar-refractivity contribution in [3.63, 3.8) is 0 Å². The Morgan fingerprint density at radius 2 is 2.05 bits per heavy atom. The van der Waals surface area contributed by atoms with Gasteiger partial charge in [0.05, 0.1) is 0 Å². The van der Waals surface area contributed by atoms with Crippen LogP contribution in [-0.4, -0.2) is 4.98 Å². The van der Waals surface area contributed by atoms with E-state index in [0.717, 1.165) is 41.6 Å². The van der Waals surface area contributed by atoms with E-state index in [9.17, 15) is 10.1 Å². The van der Waals surface area contributed by atoms with E-state index < -0.39 is 0 Å². The smallest absolute Gasteiger partial charge is 0.266 e. The molecule has 1 unspecified atom stereocenters. The fourth-order valence-corrected chi connectivity index (χ4v) is 3.24. The predicted octanol–water partition coefficient (Wildman–Crippen LogP) is 4.01. The van der Waals surface area contributed by atoms with Crippen molar-refractivity contribution in [2.75, 3.05) is 0 Å². The van der Waals surface area contributed by atoms with Crippen LogP contribution in [0.5, 0.6) is 0 Å². The van der Waals surface area contributed by atoms with Crippen LogP contribution < -0.4 is 5.56 Å². The molecule has 0 saturated heterocycles. The summed E-state index contributed by atoms with van der Waals surface area (Å²) in [5, 5.41) is 10.0. The van der Waals surface area contributed by atoms with Crippen LogP contribution in [0.4, 0.5) is 0 Å². The summed E-state index contributed by atoms with van der Waals surface area (Å²) in [5.41, 5.74) is 3.65. The molecule has 21 heavy (non-hydrogen) atoms. The molecule has 0 aliphatic heterocycles. The van der Waals surface area contributed by atoms with Gasteiger partial charge in [-0.15, -0.1) is 0 Å². The zero-order valence-corrected chi connectivity index (χ0v) is 12.5. The van der Waals surface area contributed by atoms with Gasteiger partial charge >= 0.3 is 0 Å². The van der Waals surface area contributed by atoms with Crippen LogP contribution in [-0.2, 0) is 6.42 Å². The summed E-state index contributed by atoms with van der Waals surface area (Å²) in [6.07, 6.45) is 3.03. The van der Waals surface area contributed by atoms with Crippen molar-refractivity contribution in [1.82, 2.24) is 4.98 Å². The minimum atomic E-state index is -0.296. The van der Waals surface area contributed by atoms with Gasteiger partial charge in [0.25, 0.3) is 5.56 Å². The molecule has 0 amide bonds. The van der Waals surface area contributed by atoms with Gasteiger partial charge in [0.2, 0.25) is 0 Å². The fourth-order valence-electron chi connectivity index (χ4n) is 3.11. The van der Waals surface area contributed by atoms with Crippen molar-refractivity contribution in [3.05, 3.63) is 56.5 Å². The highest BCUT2D eigenvalue weighted by molar-refractivity contribution is 6.30. The molecule has 0 saturated carbocycles. The van der Waals surface area contributed by atoms with Crippen molar-refractivity contribution in [2.24, 2.45) is 0 Å². The highest BCUT2D eigenvalue weighted by atomic mass is 35.5. The first kappa shape index (κ1) is 13.9. The van der Waals surface area contributed by atoms with Crippen molar-refractivity contribution in [2.45, 2.75) is 32.1 Å². The number of hydrogen-bond donors (Lipinski definition) is 1. The fraction of sp³-hybridized carbons (Fsp3) is 0.294. The average molecular weight is 299 g/mol. The summed E-state index contributed by atoms with van der Waals surface area (Å²) in [7, 11) is 0. The van der Waals surface area contributed by atoms with Gasteiger partial charge in [0, 0.05) is 16.3 Å². The number of halogens is 1. The largest absolute Gasteiger partial charge is 0.324 e. The lowest BCUT2D eigenvalue weighted by Crippen LogP contribution is -2.21. The Morgan fingerprint density at radius 1 is 1.33 bits per heavy atom. The Morgan fingerprint density at radius 3 is 2.71 bits per heavy atom. The van der Waals surface area contributed by atoms with Crippen molar-refractivity contribution in [3.8, 4) is 17.2 Å². The summed E-state index contributed by atoms with van der Waals surface area (Å²) >= 11 is 5.94. The molecule has 106 valence electrons. The van der Waals surface area contributed by atoms with E-state index >= 15 is 0 Å². The number of H-pyrrole nitrogens is 1. The number of benzene rings is 1. The van der Waals surface area contributed by atoms with Gasteiger partial charge in [-0.3, -0.25) is 4.79 Å². The van der Waals surface area contributed by atoms with Gasteiger partial charge < -0.3 is 4.98 Å². The lowest BCUT2D eigenvalue weighted by molar-refractivity contribution is 0.572. The summed E-state index contributed by atoms with van der Waals surface area (Å²) in [6.45, 7) is 2.12. The Balaban J connectivity index is 2.34. The third-order valence-corrected chi connectivity index (χ3v) is 4.41. The van der Waals surface area contributed by atoms with Crippen molar-refractivity contribution >= 4 is 11.6 Å². The van der Waals surface area contributed by atoms with Gasteiger partial charge in [-0.1, -0.05) is 30.7 Å². The standard InChI is InChI=1S/C17H15ClN2O/c1-10-3-2-4-13-15(11-5-7-12(18)8-6-11)14(9-19)17(21)20-16(10)13/h5-8,10H,2-4H2,1H3,(H,20,21). The van der Waals surface area contributed by atoms with Crippen molar-refractivity contribution < 1.29 is 0 Å². The third kappa shape index (κ3) is 2.36. The maximum atomic E-state index is 12.2. The Hall–Kier alpha value is -2.05. The summed E-state index contributed by atoms with van der Waals surface area (Å²) in [4.78, 5) is 15.1. The highest BCUT2D eigenvalue weighted by Crippen LogP contribution is 2.36. The van der Waals surface area contributed by atoms with Gasteiger partial charge in [-0.2, -0.15) is 5.26 Å². The van der Waals surface area contributed by atoms with Crippen molar-refractivity contribution in [1.29, 1.82) is 5.26 Å². The number of nitriles is 1. The molecule has 1 aliphatic rings. The Kier molecular flexibility index (Phi) is 3.57. The summed E-state index contributed by atoms with van der Waals surface area (Å²) in [5.74, 6) is 0.320. The Bertz CT molecular complexity index is 784. The first-order valence-corrected chi connectivity index (χ1v) is 7.44. The number of nitrogens with one attached hydrogen (secondary N) is 1. The number of aromatic nitrogens is 1. The first-order valence-electron chi connectivity index (χ1n) is 7.07. The number of aromatic amines is 1. The van der Waals surface area contributed by atoms with Crippen LogP contribution in [0.15, 0.2) is 29.1 Å². The molecule has 1 aromatic heterocycles. The van der Waals surface area contributed by atoms with Crippen LogP contribution in [0.3, 0.4) is 0 Å². The van der Waals surface area contributed by atoms with Gasteiger partial charge in [0.15, 0.2) is 0 Å². The van der Waals surface area contributed by atoms with E-state index in [4.69, 9.17) is 11.6 Å². The second-order valence-electron chi connectivity index (χ2n) is 5.51. The molecule has 1 aromatic carbocycles. The van der Waals surface area contributed by atoms with Crippen LogP contribution in [0.2, 0.25) is 5.02 Å². The molecule has 0 bridgehead atoms. The normalized spacial score (nSPS) is 17.1. The average Bonchev–Trinajstić information content (AvgIpc) is 2.48. The minimum Gasteiger partial charge on any atom is -0.324 e. The molecule has 4 heteroatoms. The first-order chi connectivity index (χ1) is 10.1. The quantitative estimate of drug-likeness (QED) is 0.865. The van der Waals surface area contributed by atoms with E-state index in [2.05, 4.69) is 18.0 Å². The van der Waals surface area contributed by atoms with Crippen LogP contribution in [0.1, 0.15) is 42.5 Å². The lowest BCUT2D eigenvalue weighted by atomic mass is 9.82. The maximum Gasteiger partial charge on any atom is 0.266 e. The third-order valence-electron chi connectivity index (χ3n) is 4.15. The zero-order valence-electron chi connectivity index (χ0n) is 11.7. The number of rotatable bonds is 1. The highest BCUT2D eigenvalue weighted by Gasteiger charge is 2.24. The molecule has 1 N–H and O–H groups in total. The second kappa shape index (κ2) is 5.38. The molecule has 1 aliphatic carbocycles. The molecule has 0 radical (unpaired) electrons. The molecule has 0 spiro atoms. The SMILES string of the molecule is CC1CCCc2c1[nH]c(=O)c(C#N)c2-c1ccc(Cl)cc1. The number of pyridine rings is 1. The van der Waals surface area contributed by atoms with Gasteiger partial charge in [-0.05, 0) is 48.4 Å². The maximum absolute atomic E-state index is 12.2. The number of nitrogens with zero attached hydrogens (tertiary/aromatic N) is 1. The zero-order chi connectivity index (χ0) is 15.0. The molecule has 2 aromatic rings. The van der Waals surface area contributed by atoms with E-state index in [1.54, 1.807) is 12.1 Å². The summed E-state index contributed by atoms with van der Waals surface area (Å²) in [6, 6.07) is 9.39. The predicted molar refractivity (Wildman–Crippen MR) is 83.6 cm³/mol. The Labute approximate surface area is 128 Å². The van der Waals surface area contributed by atoms with Crippen LogP contribution in [0, 0.1) is 11.3 Å². The van der Waals surface area contributed by atoms with E-state index in [-0.39, 0.29) is 11.1 Å².